The second-order valence-electron chi connectivity index (χ2n) is 3.27. The maximum atomic E-state index is 3.90. The minimum atomic E-state index is 0.636. The number of allylic oxidation sites excluding steroid dienone is 1. The molecule has 0 heteroatoms. The molecule has 0 spiro atoms. The minimum Gasteiger partial charge on any atom is -0.0998 e. The van der Waals surface area contributed by atoms with E-state index in [0.717, 1.165) is 0 Å². The van der Waals surface area contributed by atoms with Gasteiger partial charge in [-0.15, -0.1) is 0 Å². The molecular weight excluding hydrogens is 96.1 g/mol. The Hall–Kier alpha value is -0.260. The van der Waals surface area contributed by atoms with E-state index in [0.29, 0.717) is 5.41 Å². The number of hydrogen-bond donors (Lipinski definition) is 0. The molecule has 1 rings (SSSR count). The summed E-state index contributed by atoms with van der Waals surface area (Å²) in [6.07, 6.45) is 3.85. The second-order valence-corrected chi connectivity index (χ2v) is 3.27. The molecule has 0 aromatic carbocycles. The zero-order valence-electron chi connectivity index (χ0n) is 5.83. The molecule has 1 fully saturated rings. The Balaban J connectivity index is 2.40. The molecule has 0 aromatic rings. The summed E-state index contributed by atoms with van der Waals surface area (Å²) < 4.78 is 0. The molecular formula is C8H14. The Morgan fingerprint density at radius 1 is 1.62 bits per heavy atom. The molecule has 0 saturated heterocycles. The molecule has 46 valence electrons. The highest BCUT2D eigenvalue weighted by atomic mass is 14.4. The summed E-state index contributed by atoms with van der Waals surface area (Å²) in [5.41, 5.74) is 2.08. The SMILES string of the molecule is C=C1CC(C)(CC)C1. The van der Waals surface area contributed by atoms with E-state index in [1.165, 1.54) is 24.8 Å². The van der Waals surface area contributed by atoms with Crippen LogP contribution in [0.15, 0.2) is 12.2 Å². The first-order valence-electron chi connectivity index (χ1n) is 3.33. The molecule has 1 aliphatic rings. The van der Waals surface area contributed by atoms with E-state index in [-0.39, 0.29) is 0 Å². The normalized spacial score (nSPS) is 25.0. The van der Waals surface area contributed by atoms with Gasteiger partial charge in [0.25, 0.3) is 0 Å². The molecule has 0 bridgehead atoms. The highest BCUT2D eigenvalue weighted by Crippen LogP contribution is 2.46. The van der Waals surface area contributed by atoms with Gasteiger partial charge in [-0.25, -0.2) is 0 Å². The van der Waals surface area contributed by atoms with Crippen LogP contribution in [0.4, 0.5) is 0 Å². The van der Waals surface area contributed by atoms with E-state index < -0.39 is 0 Å². The highest BCUT2D eigenvalue weighted by Gasteiger charge is 2.32. The van der Waals surface area contributed by atoms with Gasteiger partial charge in [-0.1, -0.05) is 32.4 Å². The molecule has 0 nitrogen and oxygen atoms in total. The molecule has 0 aromatic heterocycles. The van der Waals surface area contributed by atoms with Crippen LogP contribution in [-0.4, -0.2) is 0 Å². The number of hydrogen-bond acceptors (Lipinski definition) is 0. The van der Waals surface area contributed by atoms with Gasteiger partial charge < -0.3 is 0 Å². The van der Waals surface area contributed by atoms with Crippen molar-refractivity contribution in [2.75, 3.05) is 0 Å². The summed E-state index contributed by atoms with van der Waals surface area (Å²) in [6, 6.07) is 0. The van der Waals surface area contributed by atoms with Gasteiger partial charge in [0.1, 0.15) is 0 Å². The smallest absolute Gasteiger partial charge is 0.0254 e. The van der Waals surface area contributed by atoms with Gasteiger partial charge in [-0.05, 0) is 18.3 Å². The van der Waals surface area contributed by atoms with Crippen molar-refractivity contribution in [2.24, 2.45) is 5.41 Å². The molecule has 1 aliphatic carbocycles. The van der Waals surface area contributed by atoms with Crippen LogP contribution in [0.5, 0.6) is 0 Å². The lowest BCUT2D eigenvalue weighted by Gasteiger charge is -2.39. The van der Waals surface area contributed by atoms with Crippen molar-refractivity contribution < 1.29 is 0 Å². The van der Waals surface area contributed by atoms with Gasteiger partial charge in [-0.2, -0.15) is 0 Å². The van der Waals surface area contributed by atoms with Crippen molar-refractivity contribution in [2.45, 2.75) is 33.1 Å². The van der Waals surface area contributed by atoms with Crippen LogP contribution in [0.1, 0.15) is 33.1 Å². The quantitative estimate of drug-likeness (QED) is 0.455. The average Bonchev–Trinajstić information content (AvgIpc) is 1.63. The van der Waals surface area contributed by atoms with Gasteiger partial charge in [-0.3, -0.25) is 0 Å². The van der Waals surface area contributed by atoms with Crippen LogP contribution in [0.25, 0.3) is 0 Å². The third-order valence-electron chi connectivity index (χ3n) is 2.21. The maximum absolute atomic E-state index is 3.90. The Morgan fingerprint density at radius 2 is 2.12 bits per heavy atom. The van der Waals surface area contributed by atoms with Gasteiger partial charge in [0.15, 0.2) is 0 Å². The molecule has 0 heterocycles. The standard InChI is InChI=1S/C8H14/c1-4-8(3)5-7(2)6-8/h2,4-6H2,1,3H3. The summed E-state index contributed by atoms with van der Waals surface area (Å²) in [7, 11) is 0. The van der Waals surface area contributed by atoms with E-state index in [1.807, 2.05) is 0 Å². The van der Waals surface area contributed by atoms with Crippen LogP contribution < -0.4 is 0 Å². The first-order chi connectivity index (χ1) is 3.66. The van der Waals surface area contributed by atoms with E-state index in [4.69, 9.17) is 0 Å². The predicted molar refractivity (Wildman–Crippen MR) is 36.8 cm³/mol. The predicted octanol–water partition coefficient (Wildman–Crippen LogP) is 2.75. The molecule has 8 heavy (non-hydrogen) atoms. The van der Waals surface area contributed by atoms with E-state index in [2.05, 4.69) is 20.4 Å². The summed E-state index contributed by atoms with van der Waals surface area (Å²) in [6.45, 7) is 8.50. The van der Waals surface area contributed by atoms with Crippen LogP contribution in [0.2, 0.25) is 0 Å². The van der Waals surface area contributed by atoms with Gasteiger partial charge >= 0.3 is 0 Å². The molecule has 0 aliphatic heterocycles. The zero-order valence-corrected chi connectivity index (χ0v) is 5.83. The Morgan fingerprint density at radius 3 is 2.25 bits per heavy atom. The summed E-state index contributed by atoms with van der Waals surface area (Å²) >= 11 is 0. The van der Waals surface area contributed by atoms with Gasteiger partial charge in [0.05, 0.1) is 0 Å². The lowest BCUT2D eigenvalue weighted by molar-refractivity contribution is 0.229. The van der Waals surface area contributed by atoms with Crippen molar-refractivity contribution in [3.8, 4) is 0 Å². The molecule has 0 atom stereocenters. The molecule has 0 amide bonds. The zero-order chi connectivity index (χ0) is 6.20. The molecule has 0 N–H and O–H groups in total. The van der Waals surface area contributed by atoms with Crippen molar-refractivity contribution >= 4 is 0 Å². The average molecular weight is 110 g/mol. The fraction of sp³-hybridized carbons (Fsp3) is 0.750. The van der Waals surface area contributed by atoms with Gasteiger partial charge in [0, 0.05) is 0 Å². The van der Waals surface area contributed by atoms with Crippen molar-refractivity contribution in [3.05, 3.63) is 12.2 Å². The first-order valence-corrected chi connectivity index (χ1v) is 3.33. The summed E-state index contributed by atoms with van der Waals surface area (Å²) in [5.74, 6) is 0. The van der Waals surface area contributed by atoms with Crippen LogP contribution in [0, 0.1) is 5.41 Å². The molecule has 1 saturated carbocycles. The van der Waals surface area contributed by atoms with Crippen LogP contribution >= 0.6 is 0 Å². The highest BCUT2D eigenvalue weighted by molar-refractivity contribution is 5.12. The van der Waals surface area contributed by atoms with Crippen molar-refractivity contribution in [3.63, 3.8) is 0 Å². The second kappa shape index (κ2) is 1.61. The Kier molecular flexibility index (Phi) is 1.18. The largest absolute Gasteiger partial charge is 0.0998 e. The van der Waals surface area contributed by atoms with Crippen LogP contribution in [0.3, 0.4) is 0 Å². The topological polar surface area (TPSA) is 0 Å². The molecule has 0 radical (unpaired) electrons. The maximum Gasteiger partial charge on any atom is -0.0254 e. The monoisotopic (exact) mass is 110 g/mol. The fourth-order valence-electron chi connectivity index (χ4n) is 1.41. The van der Waals surface area contributed by atoms with E-state index in [9.17, 15) is 0 Å². The van der Waals surface area contributed by atoms with Crippen molar-refractivity contribution in [1.82, 2.24) is 0 Å². The first kappa shape index (κ1) is 5.87. The van der Waals surface area contributed by atoms with Crippen molar-refractivity contribution in [1.29, 1.82) is 0 Å². The van der Waals surface area contributed by atoms with E-state index in [1.54, 1.807) is 0 Å². The molecule has 0 unspecified atom stereocenters. The van der Waals surface area contributed by atoms with Gasteiger partial charge in [0.2, 0.25) is 0 Å². The minimum absolute atomic E-state index is 0.636. The lowest BCUT2D eigenvalue weighted by Crippen LogP contribution is -2.26. The fourth-order valence-corrected chi connectivity index (χ4v) is 1.41. The third kappa shape index (κ3) is 0.795. The Bertz CT molecular complexity index is 103. The Labute approximate surface area is 51.6 Å². The number of rotatable bonds is 1. The van der Waals surface area contributed by atoms with Crippen LogP contribution in [-0.2, 0) is 0 Å². The lowest BCUT2D eigenvalue weighted by atomic mass is 9.66. The summed E-state index contributed by atoms with van der Waals surface area (Å²) in [4.78, 5) is 0. The van der Waals surface area contributed by atoms with E-state index >= 15 is 0 Å². The summed E-state index contributed by atoms with van der Waals surface area (Å²) in [5, 5.41) is 0. The third-order valence-corrected chi connectivity index (χ3v) is 2.21.